The Kier molecular flexibility index (Phi) is 4.44. The number of ether oxygens (including phenoxy) is 2. The van der Waals surface area contributed by atoms with Crippen molar-refractivity contribution in [2.45, 2.75) is 19.4 Å². The summed E-state index contributed by atoms with van der Waals surface area (Å²) in [6, 6.07) is 5.86. The van der Waals surface area contributed by atoms with E-state index >= 15 is 0 Å². The van der Waals surface area contributed by atoms with E-state index in [0.29, 0.717) is 11.8 Å². The number of aromatic hydroxyl groups is 1. The molecule has 1 aliphatic heterocycles. The van der Waals surface area contributed by atoms with Gasteiger partial charge in [0.05, 0.1) is 13.7 Å². The summed E-state index contributed by atoms with van der Waals surface area (Å²) < 4.78 is 10.6. The minimum Gasteiger partial charge on any atom is -0.504 e. The maximum atomic E-state index is 9.61. The SMILES string of the molecule is COc1cc(C(C)N2CCCOCC2)ccc1O. The maximum Gasteiger partial charge on any atom is 0.160 e. The Morgan fingerprint density at radius 2 is 2.17 bits per heavy atom. The Labute approximate surface area is 108 Å². The van der Waals surface area contributed by atoms with E-state index in [2.05, 4.69) is 11.8 Å². The summed E-state index contributed by atoms with van der Waals surface area (Å²) >= 11 is 0. The zero-order valence-corrected chi connectivity index (χ0v) is 11.1. The number of phenolic OH excluding ortho intramolecular Hbond substituents is 1. The van der Waals surface area contributed by atoms with Gasteiger partial charge in [-0.3, -0.25) is 4.90 Å². The van der Waals surface area contributed by atoms with Gasteiger partial charge in [0.25, 0.3) is 0 Å². The molecule has 1 saturated heterocycles. The normalized spacial score (nSPS) is 19.2. The van der Waals surface area contributed by atoms with Gasteiger partial charge in [-0.05, 0) is 31.0 Å². The monoisotopic (exact) mass is 251 g/mol. The van der Waals surface area contributed by atoms with E-state index in [1.165, 1.54) is 0 Å². The molecule has 1 heterocycles. The Balaban J connectivity index is 2.13. The van der Waals surface area contributed by atoms with Crippen LogP contribution in [-0.2, 0) is 4.74 Å². The highest BCUT2D eigenvalue weighted by molar-refractivity contribution is 5.42. The molecule has 0 aliphatic carbocycles. The third-order valence-corrected chi connectivity index (χ3v) is 3.49. The summed E-state index contributed by atoms with van der Waals surface area (Å²) in [4.78, 5) is 2.40. The fourth-order valence-corrected chi connectivity index (χ4v) is 2.32. The van der Waals surface area contributed by atoms with Crippen molar-refractivity contribution in [2.24, 2.45) is 0 Å². The number of phenols is 1. The van der Waals surface area contributed by atoms with Crippen LogP contribution in [0.1, 0.15) is 24.9 Å². The summed E-state index contributed by atoms with van der Waals surface area (Å²) in [7, 11) is 1.57. The van der Waals surface area contributed by atoms with Gasteiger partial charge < -0.3 is 14.6 Å². The first-order valence-corrected chi connectivity index (χ1v) is 6.41. The Morgan fingerprint density at radius 1 is 1.33 bits per heavy atom. The van der Waals surface area contributed by atoms with Crippen molar-refractivity contribution in [1.82, 2.24) is 4.90 Å². The third-order valence-electron chi connectivity index (χ3n) is 3.49. The summed E-state index contributed by atoms with van der Waals surface area (Å²) in [5, 5.41) is 9.61. The second-order valence-corrected chi connectivity index (χ2v) is 4.61. The third kappa shape index (κ3) is 2.94. The van der Waals surface area contributed by atoms with E-state index in [-0.39, 0.29) is 5.75 Å². The van der Waals surface area contributed by atoms with Crippen molar-refractivity contribution in [2.75, 3.05) is 33.4 Å². The van der Waals surface area contributed by atoms with Crippen molar-refractivity contribution < 1.29 is 14.6 Å². The zero-order chi connectivity index (χ0) is 13.0. The van der Waals surface area contributed by atoms with Crippen LogP contribution in [0.5, 0.6) is 11.5 Å². The van der Waals surface area contributed by atoms with E-state index in [0.717, 1.165) is 38.3 Å². The maximum absolute atomic E-state index is 9.61. The molecule has 0 bridgehead atoms. The summed E-state index contributed by atoms with van der Waals surface area (Å²) in [5.74, 6) is 0.720. The smallest absolute Gasteiger partial charge is 0.160 e. The minimum atomic E-state index is 0.188. The molecule has 0 aromatic heterocycles. The quantitative estimate of drug-likeness (QED) is 0.894. The van der Waals surface area contributed by atoms with E-state index in [9.17, 15) is 5.11 Å². The van der Waals surface area contributed by atoms with Gasteiger partial charge in [0.1, 0.15) is 0 Å². The standard InChI is InChI=1S/C14H21NO3/c1-11(15-6-3-8-18-9-7-15)12-4-5-13(16)14(10-12)17-2/h4-5,10-11,16H,3,6-9H2,1-2H3. The van der Waals surface area contributed by atoms with E-state index < -0.39 is 0 Å². The lowest BCUT2D eigenvalue weighted by Crippen LogP contribution is -2.29. The minimum absolute atomic E-state index is 0.188. The van der Waals surface area contributed by atoms with Gasteiger partial charge in [-0.1, -0.05) is 6.07 Å². The van der Waals surface area contributed by atoms with Crippen LogP contribution in [0.4, 0.5) is 0 Å². The lowest BCUT2D eigenvalue weighted by molar-refractivity contribution is 0.134. The molecule has 2 rings (SSSR count). The van der Waals surface area contributed by atoms with E-state index in [4.69, 9.17) is 9.47 Å². The van der Waals surface area contributed by atoms with Crippen molar-refractivity contribution in [1.29, 1.82) is 0 Å². The van der Waals surface area contributed by atoms with Gasteiger partial charge in [0, 0.05) is 25.7 Å². The fourth-order valence-electron chi connectivity index (χ4n) is 2.32. The van der Waals surface area contributed by atoms with Crippen molar-refractivity contribution in [3.05, 3.63) is 23.8 Å². The van der Waals surface area contributed by atoms with Crippen LogP contribution in [-0.4, -0.2) is 43.4 Å². The molecule has 4 nitrogen and oxygen atoms in total. The van der Waals surface area contributed by atoms with Gasteiger partial charge in [-0.25, -0.2) is 0 Å². The molecule has 0 radical (unpaired) electrons. The highest BCUT2D eigenvalue weighted by Gasteiger charge is 2.18. The molecule has 1 aromatic rings. The Hall–Kier alpha value is -1.26. The van der Waals surface area contributed by atoms with Gasteiger partial charge in [0.15, 0.2) is 11.5 Å². The van der Waals surface area contributed by atoms with Gasteiger partial charge in [-0.2, -0.15) is 0 Å². The van der Waals surface area contributed by atoms with Gasteiger partial charge >= 0.3 is 0 Å². The van der Waals surface area contributed by atoms with E-state index in [1.54, 1.807) is 13.2 Å². The molecule has 100 valence electrons. The Morgan fingerprint density at radius 3 is 2.94 bits per heavy atom. The van der Waals surface area contributed by atoms with Crippen molar-refractivity contribution in [3.8, 4) is 11.5 Å². The van der Waals surface area contributed by atoms with Crippen LogP contribution in [0.3, 0.4) is 0 Å². The second kappa shape index (κ2) is 6.07. The molecular weight excluding hydrogens is 230 g/mol. The fraction of sp³-hybridized carbons (Fsp3) is 0.571. The molecular formula is C14H21NO3. The Bertz CT molecular complexity index is 387. The van der Waals surface area contributed by atoms with Gasteiger partial charge in [0.2, 0.25) is 0 Å². The molecule has 0 saturated carbocycles. The van der Waals surface area contributed by atoms with Crippen LogP contribution in [0.25, 0.3) is 0 Å². The first-order valence-electron chi connectivity index (χ1n) is 6.41. The summed E-state index contributed by atoms with van der Waals surface area (Å²) in [6.45, 7) is 5.81. The second-order valence-electron chi connectivity index (χ2n) is 4.61. The molecule has 0 spiro atoms. The number of benzene rings is 1. The molecule has 1 unspecified atom stereocenters. The first kappa shape index (κ1) is 13.2. The van der Waals surface area contributed by atoms with Crippen LogP contribution >= 0.6 is 0 Å². The number of hydrogen-bond acceptors (Lipinski definition) is 4. The predicted octanol–water partition coefficient (Wildman–Crippen LogP) is 2.18. The van der Waals surface area contributed by atoms with Gasteiger partial charge in [-0.15, -0.1) is 0 Å². The highest BCUT2D eigenvalue weighted by Crippen LogP contribution is 2.31. The summed E-state index contributed by atoms with van der Waals surface area (Å²) in [6.07, 6.45) is 1.07. The molecule has 1 aromatic carbocycles. The van der Waals surface area contributed by atoms with Crippen LogP contribution in [0.15, 0.2) is 18.2 Å². The predicted molar refractivity (Wildman–Crippen MR) is 70.1 cm³/mol. The lowest BCUT2D eigenvalue weighted by Gasteiger charge is -2.27. The molecule has 1 atom stereocenters. The average molecular weight is 251 g/mol. The van der Waals surface area contributed by atoms with Crippen molar-refractivity contribution >= 4 is 0 Å². The molecule has 0 amide bonds. The topological polar surface area (TPSA) is 41.9 Å². The van der Waals surface area contributed by atoms with Crippen molar-refractivity contribution in [3.63, 3.8) is 0 Å². The largest absolute Gasteiger partial charge is 0.504 e. The molecule has 1 aliphatic rings. The number of nitrogens with zero attached hydrogens (tertiary/aromatic N) is 1. The molecule has 1 fully saturated rings. The molecule has 1 N–H and O–H groups in total. The van der Waals surface area contributed by atoms with Crippen LogP contribution in [0, 0.1) is 0 Å². The average Bonchev–Trinajstić information content (AvgIpc) is 2.67. The molecule has 18 heavy (non-hydrogen) atoms. The van der Waals surface area contributed by atoms with E-state index in [1.807, 2.05) is 12.1 Å². The van der Waals surface area contributed by atoms with Crippen LogP contribution in [0.2, 0.25) is 0 Å². The lowest BCUT2D eigenvalue weighted by atomic mass is 10.1. The zero-order valence-electron chi connectivity index (χ0n) is 11.1. The van der Waals surface area contributed by atoms with Crippen LogP contribution < -0.4 is 4.74 Å². The molecule has 4 heteroatoms. The highest BCUT2D eigenvalue weighted by atomic mass is 16.5. The number of rotatable bonds is 3. The first-order chi connectivity index (χ1) is 8.72. The number of methoxy groups -OCH3 is 1. The summed E-state index contributed by atoms with van der Waals surface area (Å²) in [5.41, 5.74) is 1.16. The number of hydrogen-bond donors (Lipinski definition) is 1.